The monoisotopic (exact) mass is 216 g/mol. The predicted octanol–water partition coefficient (Wildman–Crippen LogP) is 1.29. The van der Waals surface area contributed by atoms with Crippen molar-refractivity contribution in [3.05, 3.63) is 21.3 Å². The molecular weight excluding hydrogens is 208 g/mol. The van der Waals surface area contributed by atoms with Crippen molar-refractivity contribution in [3.63, 3.8) is 0 Å². The van der Waals surface area contributed by atoms with E-state index in [9.17, 15) is 4.79 Å². The van der Waals surface area contributed by atoms with Crippen LogP contribution in [0.3, 0.4) is 0 Å². The number of carbonyl (C=O) groups excluding carboxylic acids is 1. The summed E-state index contributed by atoms with van der Waals surface area (Å²) in [6.45, 7) is 0. The zero-order valence-electron chi connectivity index (χ0n) is 6.79. The van der Waals surface area contributed by atoms with E-state index in [0.29, 0.717) is 6.42 Å². The van der Waals surface area contributed by atoms with Gasteiger partial charge in [0.1, 0.15) is 0 Å². The van der Waals surface area contributed by atoms with E-state index < -0.39 is 0 Å². The number of nitrogens with two attached hydrogens (primary N) is 1. The van der Waals surface area contributed by atoms with Crippen LogP contribution in [0.2, 0.25) is 4.34 Å². The summed E-state index contributed by atoms with van der Waals surface area (Å²) >= 11 is 7.25. The first kappa shape index (κ1) is 8.99. The Balaban J connectivity index is 2.22. The molecule has 70 valence electrons. The van der Waals surface area contributed by atoms with Crippen molar-refractivity contribution >= 4 is 28.8 Å². The van der Waals surface area contributed by atoms with Crippen LogP contribution in [0.25, 0.3) is 0 Å². The van der Waals surface area contributed by atoms with E-state index in [1.54, 1.807) is 0 Å². The molecule has 0 saturated carbocycles. The first-order chi connectivity index (χ1) is 6.16. The minimum absolute atomic E-state index is 0.0158. The third kappa shape index (κ3) is 1.70. The summed E-state index contributed by atoms with van der Waals surface area (Å²) in [5.74, 6) is 0.0158. The summed E-state index contributed by atoms with van der Waals surface area (Å²) in [6.07, 6.45) is 0.403. The van der Waals surface area contributed by atoms with Gasteiger partial charge in [0.15, 0.2) is 0 Å². The van der Waals surface area contributed by atoms with Gasteiger partial charge in [0, 0.05) is 17.3 Å². The molecular formula is C8H9ClN2OS. The highest BCUT2D eigenvalue weighted by molar-refractivity contribution is 7.16. The Kier molecular flexibility index (Phi) is 2.27. The van der Waals surface area contributed by atoms with Gasteiger partial charge in [-0.15, -0.1) is 11.3 Å². The molecule has 0 radical (unpaired) electrons. The van der Waals surface area contributed by atoms with Crippen molar-refractivity contribution < 1.29 is 4.79 Å². The third-order valence-corrected chi connectivity index (χ3v) is 3.38. The molecule has 1 aromatic heterocycles. The van der Waals surface area contributed by atoms with Gasteiger partial charge in [-0.1, -0.05) is 11.6 Å². The largest absolute Gasteiger partial charge is 0.347 e. The van der Waals surface area contributed by atoms with E-state index in [2.05, 4.69) is 5.32 Å². The zero-order chi connectivity index (χ0) is 9.42. The van der Waals surface area contributed by atoms with Gasteiger partial charge in [0.05, 0.1) is 10.4 Å². The maximum absolute atomic E-state index is 11.0. The molecule has 0 spiro atoms. The Labute approximate surface area is 84.9 Å². The van der Waals surface area contributed by atoms with Crippen molar-refractivity contribution in [1.29, 1.82) is 0 Å². The Morgan fingerprint density at radius 3 is 2.85 bits per heavy atom. The Morgan fingerprint density at radius 2 is 2.38 bits per heavy atom. The molecule has 2 atom stereocenters. The molecule has 2 unspecified atom stereocenters. The Hall–Kier alpha value is -0.580. The number of nitrogens with one attached hydrogen (secondary N) is 1. The Bertz CT molecular complexity index is 339. The number of carbonyl (C=O) groups is 1. The van der Waals surface area contributed by atoms with E-state index in [1.807, 2.05) is 12.1 Å². The smallest absolute Gasteiger partial charge is 0.222 e. The fraction of sp³-hybridized carbons (Fsp3) is 0.375. The molecule has 5 heteroatoms. The second kappa shape index (κ2) is 3.29. The Morgan fingerprint density at radius 1 is 1.62 bits per heavy atom. The standard InChI is InChI=1S/C8H9ClN2OS/c9-6-2-1-5(13-6)8-4(10)3-7(12)11-8/h1-2,4,8H,3,10H2,(H,11,12). The van der Waals surface area contributed by atoms with Crippen molar-refractivity contribution in [2.24, 2.45) is 5.73 Å². The average molecular weight is 217 g/mol. The highest BCUT2D eigenvalue weighted by Crippen LogP contribution is 2.31. The van der Waals surface area contributed by atoms with Crippen LogP contribution < -0.4 is 11.1 Å². The summed E-state index contributed by atoms with van der Waals surface area (Å²) in [5.41, 5.74) is 5.79. The first-order valence-corrected chi connectivity index (χ1v) is 5.16. The van der Waals surface area contributed by atoms with E-state index in [4.69, 9.17) is 17.3 Å². The average Bonchev–Trinajstić information content (AvgIpc) is 2.58. The van der Waals surface area contributed by atoms with Crippen LogP contribution in [0.15, 0.2) is 12.1 Å². The highest BCUT2D eigenvalue weighted by atomic mass is 35.5. The van der Waals surface area contributed by atoms with Crippen LogP contribution in [0, 0.1) is 0 Å². The highest BCUT2D eigenvalue weighted by Gasteiger charge is 2.31. The number of rotatable bonds is 1. The maximum Gasteiger partial charge on any atom is 0.222 e. The lowest BCUT2D eigenvalue weighted by atomic mass is 10.1. The molecule has 1 aliphatic rings. The molecule has 3 N–H and O–H groups in total. The summed E-state index contributed by atoms with van der Waals surface area (Å²) in [7, 11) is 0. The van der Waals surface area contributed by atoms with Crippen LogP contribution in [0.5, 0.6) is 0 Å². The first-order valence-electron chi connectivity index (χ1n) is 3.97. The lowest BCUT2D eigenvalue weighted by Crippen LogP contribution is -2.27. The van der Waals surface area contributed by atoms with Crippen LogP contribution in [0.1, 0.15) is 17.3 Å². The van der Waals surface area contributed by atoms with Gasteiger partial charge in [-0.2, -0.15) is 0 Å². The molecule has 13 heavy (non-hydrogen) atoms. The quantitative estimate of drug-likeness (QED) is 0.744. The van der Waals surface area contributed by atoms with Gasteiger partial charge in [0.25, 0.3) is 0 Å². The maximum atomic E-state index is 11.0. The molecule has 1 aliphatic heterocycles. The van der Waals surface area contributed by atoms with Crippen LogP contribution in [-0.4, -0.2) is 11.9 Å². The van der Waals surface area contributed by atoms with Crippen LogP contribution in [0.4, 0.5) is 0 Å². The van der Waals surface area contributed by atoms with Crippen molar-refractivity contribution in [2.75, 3.05) is 0 Å². The number of hydrogen-bond donors (Lipinski definition) is 2. The number of halogens is 1. The van der Waals surface area contributed by atoms with Crippen LogP contribution >= 0.6 is 22.9 Å². The van der Waals surface area contributed by atoms with Crippen molar-refractivity contribution in [1.82, 2.24) is 5.32 Å². The number of thiophene rings is 1. The zero-order valence-corrected chi connectivity index (χ0v) is 8.36. The van der Waals surface area contributed by atoms with Gasteiger partial charge in [-0.3, -0.25) is 4.79 Å². The molecule has 3 nitrogen and oxygen atoms in total. The van der Waals surface area contributed by atoms with E-state index in [0.717, 1.165) is 9.21 Å². The molecule has 1 amide bonds. The molecule has 0 aromatic carbocycles. The molecule has 1 aromatic rings. The molecule has 1 saturated heterocycles. The van der Waals surface area contributed by atoms with Crippen molar-refractivity contribution in [3.8, 4) is 0 Å². The molecule has 0 bridgehead atoms. The topological polar surface area (TPSA) is 55.1 Å². The summed E-state index contributed by atoms with van der Waals surface area (Å²) < 4.78 is 0.725. The van der Waals surface area contributed by atoms with Gasteiger partial charge in [-0.25, -0.2) is 0 Å². The molecule has 2 rings (SSSR count). The second-order valence-corrected chi connectivity index (χ2v) is 4.80. The molecule has 1 fully saturated rings. The van der Waals surface area contributed by atoms with Gasteiger partial charge in [0.2, 0.25) is 5.91 Å². The molecule has 2 heterocycles. The fourth-order valence-corrected chi connectivity index (χ4v) is 2.64. The van der Waals surface area contributed by atoms with E-state index in [1.165, 1.54) is 11.3 Å². The summed E-state index contributed by atoms with van der Waals surface area (Å²) in [4.78, 5) is 12.1. The fourth-order valence-electron chi connectivity index (χ4n) is 1.45. The lowest BCUT2D eigenvalue weighted by molar-refractivity contribution is -0.119. The minimum Gasteiger partial charge on any atom is -0.347 e. The number of amides is 1. The normalized spacial score (nSPS) is 27.7. The third-order valence-electron chi connectivity index (χ3n) is 2.07. The summed E-state index contributed by atoms with van der Waals surface area (Å²) in [6, 6.07) is 3.55. The second-order valence-electron chi connectivity index (χ2n) is 3.06. The summed E-state index contributed by atoms with van der Waals surface area (Å²) in [5, 5.41) is 2.82. The minimum atomic E-state index is -0.123. The van der Waals surface area contributed by atoms with Gasteiger partial charge < -0.3 is 11.1 Å². The lowest BCUT2D eigenvalue weighted by Gasteiger charge is -2.11. The van der Waals surface area contributed by atoms with E-state index in [-0.39, 0.29) is 18.0 Å². The van der Waals surface area contributed by atoms with Crippen molar-refractivity contribution in [2.45, 2.75) is 18.5 Å². The van der Waals surface area contributed by atoms with Gasteiger partial charge in [-0.05, 0) is 12.1 Å². The van der Waals surface area contributed by atoms with E-state index >= 15 is 0 Å². The predicted molar refractivity (Wildman–Crippen MR) is 52.8 cm³/mol. The van der Waals surface area contributed by atoms with Gasteiger partial charge >= 0.3 is 0 Å². The molecule has 0 aliphatic carbocycles. The van der Waals surface area contributed by atoms with Crippen LogP contribution in [-0.2, 0) is 4.79 Å². The number of hydrogen-bond acceptors (Lipinski definition) is 3. The SMILES string of the molecule is NC1CC(=O)NC1c1ccc(Cl)s1.